The van der Waals surface area contributed by atoms with Gasteiger partial charge in [-0.2, -0.15) is 0 Å². The molecule has 0 radical (unpaired) electrons. The summed E-state index contributed by atoms with van der Waals surface area (Å²) < 4.78 is 5.50. The molecule has 0 aliphatic carbocycles. The van der Waals surface area contributed by atoms with Gasteiger partial charge in [0.1, 0.15) is 0 Å². The zero-order valence-corrected chi connectivity index (χ0v) is 12.5. The molecule has 2 aliphatic heterocycles. The van der Waals surface area contributed by atoms with E-state index in [9.17, 15) is 4.79 Å². The van der Waals surface area contributed by atoms with Crippen molar-refractivity contribution in [1.82, 2.24) is 10.2 Å². The first kappa shape index (κ1) is 14.5. The molecule has 1 N–H and O–H groups in total. The lowest BCUT2D eigenvalue weighted by Crippen LogP contribution is -2.51. The minimum atomic E-state index is -0.254. The predicted octanol–water partition coefficient (Wildman–Crippen LogP) is 1.90. The van der Waals surface area contributed by atoms with Gasteiger partial charge >= 0.3 is 0 Å². The van der Waals surface area contributed by atoms with Gasteiger partial charge in [-0.1, -0.05) is 30.3 Å². The molecule has 0 atom stereocenters. The van der Waals surface area contributed by atoms with Crippen LogP contribution in [0, 0.1) is 0 Å². The number of carbonyl (C=O) groups excluding carboxylic acids is 1. The van der Waals surface area contributed by atoms with E-state index in [1.54, 1.807) is 0 Å². The van der Waals surface area contributed by atoms with Crippen molar-refractivity contribution < 1.29 is 9.53 Å². The lowest BCUT2D eigenvalue weighted by molar-refractivity contribution is -0.125. The van der Waals surface area contributed by atoms with Crippen LogP contribution < -0.4 is 5.32 Å². The molecule has 2 fully saturated rings. The van der Waals surface area contributed by atoms with Crippen LogP contribution in [0.3, 0.4) is 0 Å². The van der Waals surface area contributed by atoms with E-state index in [0.717, 1.165) is 25.9 Å². The minimum absolute atomic E-state index is 0.141. The summed E-state index contributed by atoms with van der Waals surface area (Å²) in [5.74, 6) is 0.141. The van der Waals surface area contributed by atoms with Crippen LogP contribution in [0.15, 0.2) is 30.3 Å². The predicted molar refractivity (Wildman–Crippen MR) is 82.0 cm³/mol. The van der Waals surface area contributed by atoms with Crippen molar-refractivity contribution in [1.29, 1.82) is 0 Å². The topological polar surface area (TPSA) is 41.6 Å². The molecule has 21 heavy (non-hydrogen) atoms. The Labute approximate surface area is 126 Å². The molecule has 1 aromatic carbocycles. The second-order valence-corrected chi connectivity index (χ2v) is 6.09. The van der Waals surface area contributed by atoms with E-state index in [1.165, 1.54) is 18.4 Å². The van der Waals surface area contributed by atoms with Crippen LogP contribution in [0.1, 0.15) is 31.2 Å². The molecule has 4 nitrogen and oxygen atoms in total. The fourth-order valence-corrected chi connectivity index (χ4v) is 3.41. The zero-order valence-electron chi connectivity index (χ0n) is 12.5. The second-order valence-electron chi connectivity index (χ2n) is 6.09. The van der Waals surface area contributed by atoms with Gasteiger partial charge < -0.3 is 10.1 Å². The van der Waals surface area contributed by atoms with E-state index in [-0.39, 0.29) is 11.4 Å². The van der Waals surface area contributed by atoms with Crippen LogP contribution in [0.4, 0.5) is 0 Å². The standard InChI is InChI=1S/C17H24N2O2/c20-16(14-19-10-4-5-11-19)18-17(8-12-21-13-9-17)15-6-2-1-3-7-15/h1-3,6-7H,4-5,8-14H2,(H,18,20). The average molecular weight is 288 g/mol. The molecule has 0 saturated carbocycles. The molecule has 0 aromatic heterocycles. The number of ether oxygens (including phenoxy) is 1. The number of hydrogen-bond acceptors (Lipinski definition) is 3. The SMILES string of the molecule is O=C(CN1CCCC1)NC1(c2ccccc2)CCOCC1. The molecule has 1 amide bonds. The third-order valence-corrected chi connectivity index (χ3v) is 4.62. The van der Waals surface area contributed by atoms with Gasteiger partial charge in [0, 0.05) is 13.2 Å². The van der Waals surface area contributed by atoms with Gasteiger partial charge in [0.25, 0.3) is 0 Å². The van der Waals surface area contributed by atoms with Crippen LogP contribution >= 0.6 is 0 Å². The molecule has 114 valence electrons. The molecule has 1 aromatic rings. The van der Waals surface area contributed by atoms with Gasteiger partial charge in [0.15, 0.2) is 0 Å². The molecule has 4 heteroatoms. The quantitative estimate of drug-likeness (QED) is 0.920. The first-order chi connectivity index (χ1) is 10.3. The van der Waals surface area contributed by atoms with Crippen molar-refractivity contribution in [2.24, 2.45) is 0 Å². The molecular weight excluding hydrogens is 264 g/mol. The van der Waals surface area contributed by atoms with Gasteiger partial charge in [0.05, 0.1) is 12.1 Å². The fourth-order valence-electron chi connectivity index (χ4n) is 3.41. The number of carbonyl (C=O) groups is 1. The van der Waals surface area contributed by atoms with Crippen molar-refractivity contribution in [3.8, 4) is 0 Å². The maximum atomic E-state index is 12.5. The number of rotatable bonds is 4. The highest BCUT2D eigenvalue weighted by Gasteiger charge is 2.36. The summed E-state index contributed by atoms with van der Waals surface area (Å²) in [7, 11) is 0. The fraction of sp³-hybridized carbons (Fsp3) is 0.588. The maximum Gasteiger partial charge on any atom is 0.234 e. The molecule has 0 spiro atoms. The molecule has 0 unspecified atom stereocenters. The zero-order chi connectivity index (χ0) is 14.5. The number of nitrogens with one attached hydrogen (secondary N) is 1. The Morgan fingerprint density at radius 2 is 1.81 bits per heavy atom. The van der Waals surface area contributed by atoms with Crippen molar-refractivity contribution in [3.05, 3.63) is 35.9 Å². The summed E-state index contributed by atoms with van der Waals surface area (Å²) in [5, 5.41) is 3.31. The lowest BCUT2D eigenvalue weighted by atomic mass is 9.82. The van der Waals surface area contributed by atoms with Crippen molar-refractivity contribution >= 4 is 5.91 Å². The Morgan fingerprint density at radius 3 is 2.48 bits per heavy atom. The van der Waals surface area contributed by atoms with E-state index in [2.05, 4.69) is 22.3 Å². The van der Waals surface area contributed by atoms with Crippen LogP contribution in [-0.2, 0) is 15.1 Å². The summed E-state index contributed by atoms with van der Waals surface area (Å²) in [4.78, 5) is 14.7. The third kappa shape index (κ3) is 3.44. The van der Waals surface area contributed by atoms with Gasteiger partial charge in [-0.3, -0.25) is 9.69 Å². The Morgan fingerprint density at radius 1 is 1.14 bits per heavy atom. The van der Waals surface area contributed by atoms with Gasteiger partial charge in [0.2, 0.25) is 5.91 Å². The van der Waals surface area contributed by atoms with Crippen LogP contribution in [0.2, 0.25) is 0 Å². The van der Waals surface area contributed by atoms with Gasteiger partial charge in [-0.05, 0) is 44.3 Å². The summed E-state index contributed by atoms with van der Waals surface area (Å²) in [6.45, 7) is 4.04. The van der Waals surface area contributed by atoms with E-state index in [1.807, 2.05) is 18.2 Å². The Balaban J connectivity index is 1.71. The highest BCUT2D eigenvalue weighted by atomic mass is 16.5. The average Bonchev–Trinajstić information content (AvgIpc) is 3.02. The normalized spacial score (nSPS) is 22.1. The van der Waals surface area contributed by atoms with Crippen molar-refractivity contribution in [2.45, 2.75) is 31.2 Å². The van der Waals surface area contributed by atoms with E-state index >= 15 is 0 Å². The van der Waals surface area contributed by atoms with Crippen LogP contribution in [-0.4, -0.2) is 43.7 Å². The number of amides is 1. The van der Waals surface area contributed by atoms with Gasteiger partial charge in [-0.15, -0.1) is 0 Å². The molecule has 2 aliphatic rings. The molecule has 3 rings (SSSR count). The molecular formula is C17H24N2O2. The Bertz CT molecular complexity index is 463. The van der Waals surface area contributed by atoms with E-state index < -0.39 is 0 Å². The highest BCUT2D eigenvalue weighted by Crippen LogP contribution is 2.32. The number of nitrogens with zero attached hydrogens (tertiary/aromatic N) is 1. The monoisotopic (exact) mass is 288 g/mol. The van der Waals surface area contributed by atoms with Crippen LogP contribution in [0.25, 0.3) is 0 Å². The first-order valence-corrected chi connectivity index (χ1v) is 7.95. The molecule has 2 saturated heterocycles. The second kappa shape index (κ2) is 6.58. The largest absolute Gasteiger partial charge is 0.381 e. The van der Waals surface area contributed by atoms with Crippen molar-refractivity contribution in [3.63, 3.8) is 0 Å². The number of likely N-dealkylation sites (tertiary alicyclic amines) is 1. The summed E-state index contributed by atoms with van der Waals surface area (Å²) in [5.41, 5.74) is 0.944. The highest BCUT2D eigenvalue weighted by molar-refractivity contribution is 5.79. The van der Waals surface area contributed by atoms with Crippen LogP contribution in [0.5, 0.6) is 0 Å². The first-order valence-electron chi connectivity index (χ1n) is 7.95. The Hall–Kier alpha value is -1.39. The summed E-state index contributed by atoms with van der Waals surface area (Å²) >= 11 is 0. The van der Waals surface area contributed by atoms with Gasteiger partial charge in [-0.25, -0.2) is 0 Å². The minimum Gasteiger partial charge on any atom is -0.381 e. The summed E-state index contributed by atoms with van der Waals surface area (Å²) in [6.07, 6.45) is 4.13. The maximum absolute atomic E-state index is 12.5. The Kier molecular flexibility index (Phi) is 4.56. The molecule has 0 bridgehead atoms. The molecule has 2 heterocycles. The van der Waals surface area contributed by atoms with E-state index in [0.29, 0.717) is 19.8 Å². The third-order valence-electron chi connectivity index (χ3n) is 4.62. The lowest BCUT2D eigenvalue weighted by Gasteiger charge is -2.39. The smallest absolute Gasteiger partial charge is 0.234 e. The summed E-state index contributed by atoms with van der Waals surface area (Å²) in [6, 6.07) is 10.3. The number of hydrogen-bond donors (Lipinski definition) is 1. The van der Waals surface area contributed by atoms with E-state index in [4.69, 9.17) is 4.74 Å². The van der Waals surface area contributed by atoms with Crippen molar-refractivity contribution in [2.75, 3.05) is 32.8 Å². The number of benzene rings is 1.